The van der Waals surface area contributed by atoms with Crippen LogP contribution in [0.5, 0.6) is 5.75 Å². The lowest BCUT2D eigenvalue weighted by molar-refractivity contribution is -0.385. The number of halogens is 2. The molecule has 0 aromatic heterocycles. The topological polar surface area (TPSA) is 113 Å². The van der Waals surface area contributed by atoms with Gasteiger partial charge in [0.1, 0.15) is 17.4 Å². The van der Waals surface area contributed by atoms with Crippen molar-refractivity contribution in [3.8, 4) is 11.8 Å². The Labute approximate surface area is 135 Å². The molecule has 0 aliphatic carbocycles. The van der Waals surface area contributed by atoms with Gasteiger partial charge in [0.25, 0.3) is 5.69 Å². The van der Waals surface area contributed by atoms with E-state index < -0.39 is 51.1 Å². The highest BCUT2D eigenvalue weighted by Gasteiger charge is 2.30. The normalized spacial score (nSPS) is 12.4. The summed E-state index contributed by atoms with van der Waals surface area (Å²) >= 11 is 0. The monoisotopic (exact) mass is 340 g/mol. The van der Waals surface area contributed by atoms with Crippen LogP contribution >= 0.6 is 0 Å². The molecule has 0 aliphatic rings. The molecule has 1 N–H and O–H groups in total. The number of nitro groups is 1. The predicted octanol–water partition coefficient (Wildman–Crippen LogP) is 3.60. The van der Waals surface area contributed by atoms with Crippen molar-refractivity contribution in [1.29, 1.82) is 5.26 Å². The quantitative estimate of drug-likeness (QED) is 0.288. The second kappa shape index (κ2) is 7.04. The first-order valence-corrected chi connectivity index (χ1v) is 6.60. The number of nitriles is 1. The van der Waals surface area contributed by atoms with E-state index in [9.17, 15) is 28.8 Å². The van der Waals surface area contributed by atoms with Crippen LogP contribution in [0.25, 0.3) is 5.76 Å². The maximum Gasteiger partial charge on any atom is 0.387 e. The summed E-state index contributed by atoms with van der Waals surface area (Å²) in [5, 5.41) is 30.4. The standard InChI is InChI=1S/C15H14F2N2O5/c1-15(2,3)13(21)10(7-18)12(20)9-5-4-8(24-14(16)17)6-11(9)19(22)23/h4-6,14,20H,1-3H3. The van der Waals surface area contributed by atoms with Gasteiger partial charge in [-0.2, -0.15) is 14.0 Å². The third-order valence-corrected chi connectivity index (χ3v) is 2.90. The zero-order chi connectivity index (χ0) is 18.7. The largest absolute Gasteiger partial charge is 0.506 e. The van der Waals surface area contributed by atoms with Gasteiger partial charge < -0.3 is 9.84 Å². The van der Waals surface area contributed by atoms with E-state index in [0.29, 0.717) is 6.07 Å². The van der Waals surface area contributed by atoms with Crippen molar-refractivity contribution >= 4 is 17.2 Å². The second-order valence-corrected chi connectivity index (χ2v) is 5.73. The molecule has 0 spiro atoms. The summed E-state index contributed by atoms with van der Waals surface area (Å²) in [6.45, 7) is 1.34. The first-order chi connectivity index (χ1) is 11.0. The minimum absolute atomic E-state index is 0.448. The fraction of sp³-hybridized carbons (Fsp3) is 0.333. The smallest absolute Gasteiger partial charge is 0.387 e. The molecule has 0 saturated carbocycles. The lowest BCUT2D eigenvalue weighted by atomic mass is 9.85. The average Bonchev–Trinajstić information content (AvgIpc) is 2.45. The van der Waals surface area contributed by atoms with Crippen LogP contribution < -0.4 is 4.74 Å². The number of aliphatic hydroxyl groups is 1. The SMILES string of the molecule is CC(C)(C)C(=O)C(C#N)=C(O)c1ccc(OC(F)F)cc1[N+](=O)[O-]. The van der Waals surface area contributed by atoms with E-state index in [1.807, 2.05) is 0 Å². The van der Waals surface area contributed by atoms with Crippen molar-refractivity contribution in [2.24, 2.45) is 5.41 Å². The summed E-state index contributed by atoms with van der Waals surface area (Å²) in [7, 11) is 0. The van der Waals surface area contributed by atoms with Gasteiger partial charge in [-0.1, -0.05) is 20.8 Å². The number of benzene rings is 1. The van der Waals surface area contributed by atoms with Gasteiger partial charge in [0.15, 0.2) is 11.5 Å². The highest BCUT2D eigenvalue weighted by atomic mass is 19.3. The van der Waals surface area contributed by atoms with Crippen molar-refractivity contribution in [3.63, 3.8) is 0 Å². The summed E-state index contributed by atoms with van der Waals surface area (Å²) in [6.07, 6.45) is 0. The van der Waals surface area contributed by atoms with E-state index in [4.69, 9.17) is 5.26 Å². The molecular formula is C15H14F2N2O5. The number of nitrogens with zero attached hydrogens (tertiary/aromatic N) is 2. The Morgan fingerprint density at radius 1 is 1.42 bits per heavy atom. The third-order valence-electron chi connectivity index (χ3n) is 2.90. The zero-order valence-electron chi connectivity index (χ0n) is 13.0. The number of carbonyl (C=O) groups is 1. The summed E-state index contributed by atoms with van der Waals surface area (Å²) in [6, 6.07) is 4.09. The van der Waals surface area contributed by atoms with E-state index >= 15 is 0 Å². The number of hydrogen-bond donors (Lipinski definition) is 1. The van der Waals surface area contributed by atoms with Crippen LogP contribution in [0.15, 0.2) is 23.8 Å². The van der Waals surface area contributed by atoms with Gasteiger partial charge in [-0.25, -0.2) is 0 Å². The molecule has 1 aromatic carbocycles. The molecule has 0 aliphatic heterocycles. The molecule has 1 rings (SSSR count). The molecule has 0 bridgehead atoms. The minimum Gasteiger partial charge on any atom is -0.506 e. The number of aliphatic hydroxyl groups excluding tert-OH is 1. The van der Waals surface area contributed by atoms with Gasteiger partial charge in [0, 0.05) is 5.41 Å². The van der Waals surface area contributed by atoms with Crippen molar-refractivity contribution < 1.29 is 28.3 Å². The first kappa shape index (κ1) is 19.0. The zero-order valence-corrected chi connectivity index (χ0v) is 13.0. The maximum absolute atomic E-state index is 12.2. The number of ketones is 1. The van der Waals surface area contributed by atoms with Crippen molar-refractivity contribution in [2.75, 3.05) is 0 Å². The van der Waals surface area contributed by atoms with E-state index in [2.05, 4.69) is 4.74 Å². The summed E-state index contributed by atoms with van der Waals surface area (Å²) in [4.78, 5) is 22.3. The number of hydrogen-bond acceptors (Lipinski definition) is 6. The first-order valence-electron chi connectivity index (χ1n) is 6.60. The Morgan fingerprint density at radius 3 is 2.42 bits per heavy atom. The van der Waals surface area contributed by atoms with Crippen LogP contribution in [-0.4, -0.2) is 22.4 Å². The molecule has 0 fully saturated rings. The molecular weight excluding hydrogens is 326 g/mol. The lowest BCUT2D eigenvalue weighted by Gasteiger charge is -2.16. The number of ether oxygens (including phenoxy) is 1. The molecule has 0 radical (unpaired) electrons. The van der Waals surface area contributed by atoms with Crippen molar-refractivity contribution in [2.45, 2.75) is 27.4 Å². The average molecular weight is 340 g/mol. The minimum atomic E-state index is -3.18. The molecule has 128 valence electrons. The molecule has 24 heavy (non-hydrogen) atoms. The third kappa shape index (κ3) is 4.25. The second-order valence-electron chi connectivity index (χ2n) is 5.73. The lowest BCUT2D eigenvalue weighted by Crippen LogP contribution is -2.22. The van der Waals surface area contributed by atoms with Gasteiger partial charge >= 0.3 is 6.61 Å². The molecule has 0 atom stereocenters. The van der Waals surface area contributed by atoms with Crippen molar-refractivity contribution in [1.82, 2.24) is 0 Å². The molecule has 0 unspecified atom stereocenters. The van der Waals surface area contributed by atoms with Gasteiger partial charge in [-0.05, 0) is 12.1 Å². The van der Waals surface area contributed by atoms with E-state index in [0.717, 1.165) is 12.1 Å². The fourth-order valence-electron chi connectivity index (χ4n) is 1.76. The molecule has 0 heterocycles. The Bertz CT molecular complexity index is 745. The molecule has 7 nitrogen and oxygen atoms in total. The van der Waals surface area contributed by atoms with E-state index in [-0.39, 0.29) is 0 Å². The number of allylic oxidation sites excluding steroid dienone is 1. The van der Waals surface area contributed by atoms with E-state index in [1.165, 1.54) is 26.8 Å². The Balaban J connectivity index is 3.54. The Morgan fingerprint density at radius 2 is 2.00 bits per heavy atom. The summed E-state index contributed by atoms with van der Waals surface area (Å²) in [5.41, 5.74) is -2.89. The number of nitro benzene ring substituents is 1. The number of alkyl halides is 2. The van der Waals surface area contributed by atoms with Crippen LogP contribution in [0.4, 0.5) is 14.5 Å². The molecule has 0 amide bonds. The molecule has 0 saturated heterocycles. The highest BCUT2D eigenvalue weighted by molar-refractivity contribution is 6.08. The number of rotatable bonds is 5. The van der Waals surface area contributed by atoms with Crippen molar-refractivity contribution in [3.05, 3.63) is 39.4 Å². The Hall–Kier alpha value is -3.02. The van der Waals surface area contributed by atoms with Gasteiger partial charge in [0.2, 0.25) is 0 Å². The molecule has 1 aromatic rings. The van der Waals surface area contributed by atoms with E-state index in [1.54, 1.807) is 0 Å². The van der Waals surface area contributed by atoms with Gasteiger partial charge in [-0.3, -0.25) is 14.9 Å². The Kier molecular flexibility index (Phi) is 5.58. The maximum atomic E-state index is 12.2. The fourth-order valence-corrected chi connectivity index (χ4v) is 1.76. The van der Waals surface area contributed by atoms with Crippen LogP contribution in [0, 0.1) is 26.9 Å². The molecule has 9 heteroatoms. The van der Waals surface area contributed by atoms with Crippen LogP contribution in [0.2, 0.25) is 0 Å². The van der Waals surface area contributed by atoms with Gasteiger partial charge in [-0.15, -0.1) is 0 Å². The van der Waals surface area contributed by atoms with Crippen LogP contribution in [0.3, 0.4) is 0 Å². The number of Topliss-reactive ketones (excluding diaryl/α,β-unsaturated/α-hetero) is 1. The van der Waals surface area contributed by atoms with Gasteiger partial charge in [0.05, 0.1) is 16.6 Å². The summed E-state index contributed by atoms with van der Waals surface area (Å²) < 4.78 is 28.4. The number of carbonyl (C=O) groups excluding carboxylic acids is 1. The van der Waals surface area contributed by atoms with Crippen LogP contribution in [0.1, 0.15) is 26.3 Å². The van der Waals surface area contributed by atoms with Crippen LogP contribution in [-0.2, 0) is 4.79 Å². The summed E-state index contributed by atoms with van der Waals surface area (Å²) in [5.74, 6) is -2.11. The highest BCUT2D eigenvalue weighted by Crippen LogP contribution is 2.33. The predicted molar refractivity (Wildman–Crippen MR) is 79.4 cm³/mol.